The number of rotatable bonds is 5. The average Bonchev–Trinajstić information content (AvgIpc) is 3.06. The van der Waals surface area contributed by atoms with Crippen molar-refractivity contribution in [1.29, 1.82) is 0 Å². The molecule has 0 radical (unpaired) electrons. The number of likely N-dealkylation sites (tertiary alicyclic amines) is 1. The SMILES string of the molecule is COCCN1CC(C(=O)N2CCN(C(=O)c3ccc(C)cc3)CC2)CC1=O. The number of hydrogen-bond donors (Lipinski definition) is 0. The maximum atomic E-state index is 12.8. The Hall–Kier alpha value is -2.41. The van der Waals surface area contributed by atoms with E-state index < -0.39 is 0 Å². The molecule has 2 fully saturated rings. The van der Waals surface area contributed by atoms with Crippen molar-refractivity contribution in [3.05, 3.63) is 35.4 Å². The Balaban J connectivity index is 1.51. The van der Waals surface area contributed by atoms with Crippen molar-refractivity contribution in [2.45, 2.75) is 13.3 Å². The summed E-state index contributed by atoms with van der Waals surface area (Å²) in [6, 6.07) is 7.54. The van der Waals surface area contributed by atoms with Gasteiger partial charge in [-0.3, -0.25) is 14.4 Å². The number of aryl methyl sites for hydroxylation is 1. The highest BCUT2D eigenvalue weighted by molar-refractivity contribution is 5.94. The topological polar surface area (TPSA) is 70.2 Å². The molecule has 2 saturated heterocycles. The summed E-state index contributed by atoms with van der Waals surface area (Å²) in [4.78, 5) is 42.7. The summed E-state index contributed by atoms with van der Waals surface area (Å²) in [5, 5.41) is 0. The third kappa shape index (κ3) is 4.47. The number of piperazine rings is 1. The molecule has 1 aromatic rings. The van der Waals surface area contributed by atoms with Crippen LogP contribution in [-0.2, 0) is 14.3 Å². The van der Waals surface area contributed by atoms with Gasteiger partial charge in [-0.05, 0) is 19.1 Å². The molecule has 7 heteroatoms. The standard InChI is InChI=1S/C20H27N3O4/c1-15-3-5-16(6-4-15)19(25)21-7-9-22(10-8-21)20(26)17-13-18(24)23(14-17)11-12-27-2/h3-6,17H,7-14H2,1-2H3. The Morgan fingerprint density at radius 3 is 2.33 bits per heavy atom. The first-order valence-corrected chi connectivity index (χ1v) is 9.41. The van der Waals surface area contributed by atoms with Crippen LogP contribution in [0.15, 0.2) is 24.3 Å². The van der Waals surface area contributed by atoms with Crippen molar-refractivity contribution in [2.24, 2.45) is 5.92 Å². The minimum atomic E-state index is -0.284. The van der Waals surface area contributed by atoms with Gasteiger partial charge in [0.15, 0.2) is 0 Å². The number of nitrogens with zero attached hydrogens (tertiary/aromatic N) is 3. The zero-order chi connectivity index (χ0) is 19.4. The highest BCUT2D eigenvalue weighted by Gasteiger charge is 2.37. The smallest absolute Gasteiger partial charge is 0.253 e. The van der Waals surface area contributed by atoms with E-state index in [1.54, 1.807) is 21.8 Å². The van der Waals surface area contributed by atoms with Crippen LogP contribution < -0.4 is 0 Å². The van der Waals surface area contributed by atoms with Crippen LogP contribution >= 0.6 is 0 Å². The minimum absolute atomic E-state index is 0.00360. The number of ether oxygens (including phenoxy) is 1. The Bertz CT molecular complexity index is 696. The normalized spacial score (nSPS) is 20.3. The zero-order valence-corrected chi connectivity index (χ0v) is 16.0. The molecule has 1 unspecified atom stereocenters. The molecule has 27 heavy (non-hydrogen) atoms. The summed E-state index contributed by atoms with van der Waals surface area (Å²) in [7, 11) is 1.60. The van der Waals surface area contributed by atoms with Crippen LogP contribution in [0.1, 0.15) is 22.3 Å². The lowest BCUT2D eigenvalue weighted by atomic mass is 10.1. The largest absolute Gasteiger partial charge is 0.383 e. The van der Waals surface area contributed by atoms with Crippen LogP contribution in [0.25, 0.3) is 0 Å². The van der Waals surface area contributed by atoms with E-state index in [9.17, 15) is 14.4 Å². The second kappa shape index (κ2) is 8.52. The van der Waals surface area contributed by atoms with E-state index in [1.807, 2.05) is 31.2 Å². The maximum Gasteiger partial charge on any atom is 0.253 e. The van der Waals surface area contributed by atoms with Crippen molar-refractivity contribution in [3.8, 4) is 0 Å². The zero-order valence-electron chi connectivity index (χ0n) is 16.0. The number of carbonyl (C=O) groups excluding carboxylic acids is 3. The predicted octanol–water partition coefficient (Wildman–Crippen LogP) is 0.774. The first-order chi connectivity index (χ1) is 13.0. The van der Waals surface area contributed by atoms with E-state index in [0.717, 1.165) is 5.56 Å². The first kappa shape index (κ1) is 19.4. The van der Waals surface area contributed by atoms with E-state index in [0.29, 0.717) is 51.4 Å². The van der Waals surface area contributed by atoms with E-state index in [1.165, 1.54) is 0 Å². The number of amides is 3. The van der Waals surface area contributed by atoms with Gasteiger partial charge in [0, 0.05) is 58.4 Å². The van der Waals surface area contributed by atoms with E-state index in [-0.39, 0.29) is 30.1 Å². The molecule has 0 aliphatic carbocycles. The second-order valence-corrected chi connectivity index (χ2v) is 7.22. The molecule has 0 aromatic heterocycles. The van der Waals surface area contributed by atoms with Gasteiger partial charge >= 0.3 is 0 Å². The highest BCUT2D eigenvalue weighted by Crippen LogP contribution is 2.21. The van der Waals surface area contributed by atoms with E-state index in [2.05, 4.69) is 0 Å². The van der Waals surface area contributed by atoms with Crippen molar-refractivity contribution in [3.63, 3.8) is 0 Å². The van der Waals surface area contributed by atoms with Gasteiger partial charge in [-0.25, -0.2) is 0 Å². The lowest BCUT2D eigenvalue weighted by Gasteiger charge is -2.36. The van der Waals surface area contributed by atoms with Gasteiger partial charge in [-0.2, -0.15) is 0 Å². The van der Waals surface area contributed by atoms with Gasteiger partial charge in [-0.15, -0.1) is 0 Å². The third-order valence-electron chi connectivity index (χ3n) is 5.31. The molecule has 1 aromatic carbocycles. The van der Waals surface area contributed by atoms with Gasteiger partial charge in [0.05, 0.1) is 12.5 Å². The number of hydrogen-bond acceptors (Lipinski definition) is 4. The summed E-state index contributed by atoms with van der Waals surface area (Å²) in [6.07, 6.45) is 0.269. The Labute approximate surface area is 159 Å². The summed E-state index contributed by atoms with van der Waals surface area (Å²) in [5.74, 6) is -0.248. The average molecular weight is 373 g/mol. The quantitative estimate of drug-likeness (QED) is 0.765. The van der Waals surface area contributed by atoms with Gasteiger partial charge in [0.2, 0.25) is 11.8 Å². The summed E-state index contributed by atoms with van der Waals surface area (Å²) >= 11 is 0. The molecular formula is C20H27N3O4. The summed E-state index contributed by atoms with van der Waals surface area (Å²) in [5.41, 5.74) is 1.79. The second-order valence-electron chi connectivity index (χ2n) is 7.22. The summed E-state index contributed by atoms with van der Waals surface area (Å²) < 4.78 is 5.01. The minimum Gasteiger partial charge on any atom is -0.383 e. The van der Waals surface area contributed by atoms with Gasteiger partial charge in [0.1, 0.15) is 0 Å². The van der Waals surface area contributed by atoms with Crippen molar-refractivity contribution >= 4 is 17.7 Å². The third-order valence-corrected chi connectivity index (χ3v) is 5.31. The molecule has 3 amide bonds. The fourth-order valence-electron chi connectivity index (χ4n) is 3.62. The molecule has 2 heterocycles. The van der Waals surface area contributed by atoms with Crippen molar-refractivity contribution in [2.75, 3.05) is 53.0 Å². The Morgan fingerprint density at radius 2 is 1.70 bits per heavy atom. The van der Waals surface area contributed by atoms with Gasteiger partial charge in [0.25, 0.3) is 5.91 Å². The monoisotopic (exact) mass is 373 g/mol. The van der Waals surface area contributed by atoms with E-state index >= 15 is 0 Å². The van der Waals surface area contributed by atoms with Crippen molar-refractivity contribution in [1.82, 2.24) is 14.7 Å². The highest BCUT2D eigenvalue weighted by atomic mass is 16.5. The molecule has 2 aliphatic heterocycles. The van der Waals surface area contributed by atoms with Crippen LogP contribution in [0.4, 0.5) is 0 Å². The fourth-order valence-corrected chi connectivity index (χ4v) is 3.62. The molecule has 0 N–H and O–H groups in total. The van der Waals surface area contributed by atoms with Gasteiger partial charge < -0.3 is 19.4 Å². The molecule has 146 valence electrons. The first-order valence-electron chi connectivity index (χ1n) is 9.41. The molecule has 2 aliphatic rings. The van der Waals surface area contributed by atoms with Crippen LogP contribution in [-0.4, -0.2) is 85.4 Å². The summed E-state index contributed by atoms with van der Waals surface area (Å²) in [6.45, 7) is 5.52. The molecular weight excluding hydrogens is 346 g/mol. The molecule has 3 rings (SSSR count). The lowest BCUT2D eigenvalue weighted by Crippen LogP contribution is -2.52. The maximum absolute atomic E-state index is 12.8. The molecule has 0 saturated carbocycles. The molecule has 1 atom stereocenters. The van der Waals surface area contributed by atoms with Crippen molar-refractivity contribution < 1.29 is 19.1 Å². The fraction of sp³-hybridized carbons (Fsp3) is 0.550. The molecule has 0 bridgehead atoms. The Morgan fingerprint density at radius 1 is 1.07 bits per heavy atom. The predicted molar refractivity (Wildman–Crippen MR) is 100 cm³/mol. The lowest BCUT2D eigenvalue weighted by molar-refractivity contribution is -0.137. The number of benzene rings is 1. The van der Waals surface area contributed by atoms with Crippen LogP contribution in [0, 0.1) is 12.8 Å². The van der Waals surface area contributed by atoms with Crippen LogP contribution in [0.3, 0.4) is 0 Å². The molecule has 0 spiro atoms. The van der Waals surface area contributed by atoms with E-state index in [4.69, 9.17) is 4.74 Å². The van der Waals surface area contributed by atoms with Gasteiger partial charge in [-0.1, -0.05) is 17.7 Å². The molecule has 7 nitrogen and oxygen atoms in total. The Kier molecular flexibility index (Phi) is 6.11. The number of carbonyl (C=O) groups is 3. The van der Waals surface area contributed by atoms with Crippen LogP contribution in [0.5, 0.6) is 0 Å². The van der Waals surface area contributed by atoms with Crippen LogP contribution in [0.2, 0.25) is 0 Å². The number of methoxy groups -OCH3 is 1.